The van der Waals surface area contributed by atoms with E-state index in [1.165, 1.54) is 0 Å². The Balaban J connectivity index is 2.01. The van der Waals surface area contributed by atoms with Crippen molar-refractivity contribution in [2.45, 2.75) is 37.8 Å². The van der Waals surface area contributed by atoms with Crippen molar-refractivity contribution in [1.82, 2.24) is 5.32 Å². The summed E-state index contributed by atoms with van der Waals surface area (Å²) in [5, 5.41) is 12.5. The van der Waals surface area contributed by atoms with Gasteiger partial charge in [0.05, 0.1) is 11.7 Å². The quantitative estimate of drug-likeness (QED) is 0.718. The van der Waals surface area contributed by atoms with Crippen LogP contribution in [0, 0.1) is 3.57 Å². The molecule has 1 aromatic rings. The fraction of sp³-hybridized carbons (Fsp3) is 0.462. The minimum Gasteiger partial charge on any atom is -0.393 e. The van der Waals surface area contributed by atoms with E-state index in [1.807, 2.05) is 18.2 Å². The summed E-state index contributed by atoms with van der Waals surface area (Å²) < 4.78 is 1.86. The van der Waals surface area contributed by atoms with Crippen molar-refractivity contribution >= 4 is 44.4 Å². The van der Waals surface area contributed by atoms with Crippen LogP contribution in [0.3, 0.4) is 0 Å². The third kappa shape index (κ3) is 3.68. The number of aliphatic hydroxyl groups excluding tert-OH is 1. The largest absolute Gasteiger partial charge is 0.393 e. The molecule has 0 atom stereocenters. The van der Waals surface area contributed by atoms with E-state index < -0.39 is 0 Å². The number of nitrogens with one attached hydrogen (secondary N) is 1. The van der Waals surface area contributed by atoms with Gasteiger partial charge in [0.2, 0.25) is 0 Å². The van der Waals surface area contributed by atoms with E-state index in [2.05, 4.69) is 43.8 Å². The fourth-order valence-electron chi connectivity index (χ4n) is 2.15. The molecule has 1 saturated carbocycles. The first-order valence-electron chi connectivity index (χ1n) is 6.00. The lowest BCUT2D eigenvalue weighted by atomic mass is 9.93. The second-order valence-corrected chi connectivity index (χ2v) is 6.70. The average Bonchev–Trinajstić information content (AvgIpc) is 2.35. The number of aliphatic hydroxyl groups is 1. The minimum atomic E-state index is -0.192. The molecule has 1 fully saturated rings. The summed E-state index contributed by atoms with van der Waals surface area (Å²) in [5.74, 6) is -0.0400. The molecule has 0 spiro atoms. The van der Waals surface area contributed by atoms with Crippen molar-refractivity contribution in [3.63, 3.8) is 0 Å². The number of benzene rings is 1. The van der Waals surface area contributed by atoms with Crippen LogP contribution in [0.4, 0.5) is 0 Å². The summed E-state index contributed by atoms with van der Waals surface area (Å²) >= 11 is 5.60. The van der Waals surface area contributed by atoms with Crippen LogP contribution < -0.4 is 5.32 Å². The van der Waals surface area contributed by atoms with Crippen molar-refractivity contribution in [1.29, 1.82) is 0 Å². The van der Waals surface area contributed by atoms with E-state index in [0.717, 1.165) is 33.7 Å². The van der Waals surface area contributed by atoms with E-state index in [4.69, 9.17) is 0 Å². The van der Waals surface area contributed by atoms with E-state index in [1.54, 1.807) is 0 Å². The molecule has 2 rings (SSSR count). The lowest BCUT2D eigenvalue weighted by Crippen LogP contribution is -2.38. The lowest BCUT2D eigenvalue weighted by molar-refractivity contribution is 0.0867. The number of halogens is 2. The Labute approximate surface area is 129 Å². The summed E-state index contributed by atoms with van der Waals surface area (Å²) in [6.07, 6.45) is 3.07. The predicted octanol–water partition coefficient (Wildman–Crippen LogP) is 3.09. The fourth-order valence-corrected chi connectivity index (χ4v) is 3.07. The van der Waals surface area contributed by atoms with E-state index in [0.29, 0.717) is 5.56 Å². The van der Waals surface area contributed by atoms with Crippen LogP contribution in [0.15, 0.2) is 22.7 Å². The summed E-state index contributed by atoms with van der Waals surface area (Å²) in [6.45, 7) is 0. The van der Waals surface area contributed by atoms with Crippen LogP contribution in [-0.4, -0.2) is 23.2 Å². The monoisotopic (exact) mass is 423 g/mol. The molecule has 1 amide bonds. The standard InChI is InChI=1S/C13H15BrINO2/c14-12-6-1-8(15)7-11(12)13(18)16-9-2-4-10(17)5-3-9/h1,6-7,9-10,17H,2-5H2,(H,16,18). The predicted molar refractivity (Wildman–Crippen MR) is 82.6 cm³/mol. The van der Waals surface area contributed by atoms with Gasteiger partial charge in [-0.05, 0) is 82.4 Å². The first kappa shape index (κ1) is 14.3. The second-order valence-electron chi connectivity index (χ2n) is 4.60. The molecule has 3 nitrogen and oxygen atoms in total. The highest BCUT2D eigenvalue weighted by Crippen LogP contribution is 2.22. The Hall–Kier alpha value is -0.140. The minimum absolute atomic E-state index is 0.0400. The smallest absolute Gasteiger partial charge is 0.252 e. The molecule has 2 N–H and O–H groups in total. The molecule has 0 unspecified atom stereocenters. The van der Waals surface area contributed by atoms with Crippen molar-refractivity contribution in [3.8, 4) is 0 Å². The first-order valence-corrected chi connectivity index (χ1v) is 7.87. The highest BCUT2D eigenvalue weighted by atomic mass is 127. The van der Waals surface area contributed by atoms with Crippen molar-refractivity contribution in [2.24, 2.45) is 0 Å². The number of hydrogen-bond acceptors (Lipinski definition) is 2. The van der Waals surface area contributed by atoms with Crippen molar-refractivity contribution < 1.29 is 9.90 Å². The Morgan fingerprint density at radius 1 is 1.33 bits per heavy atom. The van der Waals surface area contributed by atoms with Gasteiger partial charge in [-0.3, -0.25) is 4.79 Å². The molecule has 18 heavy (non-hydrogen) atoms. The summed E-state index contributed by atoms with van der Waals surface area (Å²) in [7, 11) is 0. The zero-order valence-corrected chi connectivity index (χ0v) is 13.6. The van der Waals surface area contributed by atoms with Crippen LogP contribution in [0.1, 0.15) is 36.0 Å². The molecule has 5 heteroatoms. The molecule has 0 saturated heterocycles. The Bertz CT molecular complexity index is 445. The Morgan fingerprint density at radius 2 is 2.00 bits per heavy atom. The second kappa shape index (κ2) is 6.34. The molecule has 0 aliphatic heterocycles. The van der Waals surface area contributed by atoms with Crippen molar-refractivity contribution in [2.75, 3.05) is 0 Å². The maximum atomic E-state index is 12.2. The zero-order chi connectivity index (χ0) is 13.1. The third-order valence-corrected chi connectivity index (χ3v) is 4.57. The molecule has 0 radical (unpaired) electrons. The van der Waals surface area contributed by atoms with Gasteiger partial charge in [-0.2, -0.15) is 0 Å². The van der Waals surface area contributed by atoms with Crippen LogP contribution in [-0.2, 0) is 0 Å². The summed E-state index contributed by atoms with van der Waals surface area (Å²) in [5.41, 5.74) is 0.674. The maximum Gasteiger partial charge on any atom is 0.252 e. The average molecular weight is 424 g/mol. The Morgan fingerprint density at radius 3 is 2.67 bits per heavy atom. The lowest BCUT2D eigenvalue weighted by Gasteiger charge is -2.26. The van der Waals surface area contributed by atoms with Gasteiger partial charge in [-0.15, -0.1) is 0 Å². The van der Waals surface area contributed by atoms with Crippen molar-refractivity contribution in [3.05, 3.63) is 31.8 Å². The molecule has 98 valence electrons. The number of carbonyl (C=O) groups is 1. The first-order chi connectivity index (χ1) is 8.56. The van der Waals surface area contributed by atoms with Gasteiger partial charge < -0.3 is 10.4 Å². The molecular weight excluding hydrogens is 409 g/mol. The molecular formula is C13H15BrINO2. The molecule has 1 aromatic carbocycles. The van der Waals surface area contributed by atoms with E-state index >= 15 is 0 Å². The van der Waals surface area contributed by atoms with E-state index in [9.17, 15) is 9.90 Å². The Kier molecular flexibility index (Phi) is 5.03. The highest BCUT2D eigenvalue weighted by molar-refractivity contribution is 14.1. The van der Waals surface area contributed by atoms with Crippen LogP contribution >= 0.6 is 38.5 Å². The number of rotatable bonds is 2. The van der Waals surface area contributed by atoms with Gasteiger partial charge in [-0.25, -0.2) is 0 Å². The van der Waals surface area contributed by atoms with Gasteiger partial charge in [-0.1, -0.05) is 0 Å². The zero-order valence-electron chi connectivity index (χ0n) is 9.83. The summed E-state index contributed by atoms with van der Waals surface area (Å²) in [6, 6.07) is 5.91. The van der Waals surface area contributed by atoms with Gasteiger partial charge >= 0.3 is 0 Å². The van der Waals surface area contributed by atoms with Gasteiger partial charge in [0.25, 0.3) is 5.91 Å². The number of carbonyl (C=O) groups excluding carboxylic acids is 1. The molecule has 0 bridgehead atoms. The molecule has 0 aromatic heterocycles. The molecule has 1 aliphatic carbocycles. The van der Waals surface area contributed by atoms with Crippen LogP contribution in [0.5, 0.6) is 0 Å². The normalized spacial score (nSPS) is 23.7. The third-order valence-electron chi connectivity index (χ3n) is 3.20. The topological polar surface area (TPSA) is 49.3 Å². The SMILES string of the molecule is O=C(NC1CCC(O)CC1)c1cc(I)ccc1Br. The molecule has 1 aliphatic rings. The van der Waals surface area contributed by atoms with Gasteiger partial charge in [0.1, 0.15) is 0 Å². The van der Waals surface area contributed by atoms with Crippen LogP contribution in [0.2, 0.25) is 0 Å². The maximum absolute atomic E-state index is 12.2. The summed E-state index contributed by atoms with van der Waals surface area (Å²) in [4.78, 5) is 12.2. The number of amides is 1. The van der Waals surface area contributed by atoms with Gasteiger partial charge in [0.15, 0.2) is 0 Å². The van der Waals surface area contributed by atoms with E-state index in [-0.39, 0.29) is 18.1 Å². The van der Waals surface area contributed by atoms with Crippen LogP contribution in [0.25, 0.3) is 0 Å². The number of hydrogen-bond donors (Lipinski definition) is 2. The highest BCUT2D eigenvalue weighted by Gasteiger charge is 2.22. The molecule has 0 heterocycles. The van der Waals surface area contributed by atoms with Gasteiger partial charge in [0, 0.05) is 14.1 Å².